The highest BCUT2D eigenvalue weighted by Crippen LogP contribution is 2.25. The largest absolute Gasteiger partial charge is 0.500 e. The third kappa shape index (κ3) is 1.54. The van der Waals surface area contributed by atoms with Crippen LogP contribution >= 0.6 is 11.6 Å². The van der Waals surface area contributed by atoms with Crippen LogP contribution < -0.4 is 0 Å². The van der Waals surface area contributed by atoms with Crippen molar-refractivity contribution < 1.29 is 4.74 Å². The zero-order valence-electron chi connectivity index (χ0n) is 6.23. The second-order valence-corrected chi connectivity index (χ2v) is 2.92. The summed E-state index contributed by atoms with van der Waals surface area (Å²) < 4.78 is 5.07. The standard InChI is InChI=1S/C8H11ClO/c1-6-3-4-7(9)8(5-6)10-2/h3-4,6H,5H2,1-2H3/t6-/m0/s1. The smallest absolute Gasteiger partial charge is 0.115 e. The summed E-state index contributed by atoms with van der Waals surface area (Å²) in [5.41, 5.74) is 0. The Kier molecular flexibility index (Phi) is 2.39. The Morgan fingerprint density at radius 3 is 2.90 bits per heavy atom. The minimum atomic E-state index is 0.553. The minimum Gasteiger partial charge on any atom is -0.500 e. The van der Waals surface area contributed by atoms with Crippen LogP contribution in [0, 0.1) is 5.92 Å². The number of hydrogen-bond acceptors (Lipinski definition) is 1. The SMILES string of the molecule is COC1=C(Cl)C=C[C@H](C)C1. The molecule has 0 aromatic carbocycles. The predicted molar refractivity (Wildman–Crippen MR) is 42.8 cm³/mol. The van der Waals surface area contributed by atoms with Gasteiger partial charge in [-0.05, 0) is 12.0 Å². The van der Waals surface area contributed by atoms with Gasteiger partial charge in [-0.1, -0.05) is 24.6 Å². The monoisotopic (exact) mass is 158 g/mol. The van der Waals surface area contributed by atoms with E-state index in [4.69, 9.17) is 16.3 Å². The third-order valence-electron chi connectivity index (χ3n) is 1.59. The zero-order valence-corrected chi connectivity index (χ0v) is 6.98. The maximum absolute atomic E-state index is 5.82. The van der Waals surface area contributed by atoms with Crippen LogP contribution in [0.25, 0.3) is 0 Å². The molecular formula is C8H11ClO. The summed E-state index contributed by atoms with van der Waals surface area (Å²) in [4.78, 5) is 0. The molecule has 0 radical (unpaired) electrons. The predicted octanol–water partition coefficient (Wildman–Crippen LogP) is 2.68. The Bertz CT molecular complexity index is 182. The Morgan fingerprint density at radius 2 is 2.40 bits per heavy atom. The number of hydrogen-bond donors (Lipinski definition) is 0. The molecule has 2 heteroatoms. The molecule has 0 spiro atoms. The van der Waals surface area contributed by atoms with E-state index in [1.165, 1.54) is 0 Å². The first kappa shape index (κ1) is 7.67. The van der Waals surface area contributed by atoms with Crippen molar-refractivity contribution in [3.05, 3.63) is 22.9 Å². The molecule has 0 aromatic rings. The van der Waals surface area contributed by atoms with Crippen LogP contribution in [0.2, 0.25) is 0 Å². The normalized spacial score (nSPS) is 25.3. The number of halogens is 1. The van der Waals surface area contributed by atoms with Crippen molar-refractivity contribution in [3.8, 4) is 0 Å². The van der Waals surface area contributed by atoms with E-state index in [0.717, 1.165) is 17.2 Å². The summed E-state index contributed by atoms with van der Waals surface area (Å²) in [7, 11) is 1.66. The molecule has 1 aliphatic carbocycles. The van der Waals surface area contributed by atoms with Gasteiger partial charge in [0, 0.05) is 6.42 Å². The lowest BCUT2D eigenvalue weighted by molar-refractivity contribution is 0.266. The first-order valence-corrected chi connectivity index (χ1v) is 3.72. The summed E-state index contributed by atoms with van der Waals surface area (Å²) in [5.74, 6) is 1.45. The average Bonchev–Trinajstić information content (AvgIpc) is 1.94. The zero-order chi connectivity index (χ0) is 7.56. The minimum absolute atomic E-state index is 0.553. The van der Waals surface area contributed by atoms with Crippen molar-refractivity contribution in [2.75, 3.05) is 7.11 Å². The molecule has 0 saturated carbocycles. The molecule has 1 nitrogen and oxygen atoms in total. The Labute approximate surface area is 66.3 Å². The van der Waals surface area contributed by atoms with E-state index in [9.17, 15) is 0 Å². The number of rotatable bonds is 1. The highest BCUT2D eigenvalue weighted by molar-refractivity contribution is 6.31. The topological polar surface area (TPSA) is 9.23 Å². The molecule has 0 N–H and O–H groups in total. The first-order chi connectivity index (χ1) is 4.74. The summed E-state index contributed by atoms with van der Waals surface area (Å²) in [6.07, 6.45) is 4.91. The fourth-order valence-corrected chi connectivity index (χ4v) is 1.21. The van der Waals surface area contributed by atoms with Gasteiger partial charge in [0.2, 0.25) is 0 Å². The molecule has 1 rings (SSSR count). The quantitative estimate of drug-likeness (QED) is 0.570. The molecule has 0 unspecified atom stereocenters. The summed E-state index contributed by atoms with van der Waals surface area (Å²) >= 11 is 5.82. The maximum Gasteiger partial charge on any atom is 0.115 e. The lowest BCUT2D eigenvalue weighted by Crippen LogP contribution is -2.01. The molecule has 0 amide bonds. The van der Waals surface area contributed by atoms with Crippen LogP contribution in [0.4, 0.5) is 0 Å². The van der Waals surface area contributed by atoms with E-state index >= 15 is 0 Å². The van der Waals surface area contributed by atoms with E-state index in [1.54, 1.807) is 7.11 Å². The van der Waals surface area contributed by atoms with Gasteiger partial charge in [0.15, 0.2) is 0 Å². The molecule has 0 heterocycles. The second-order valence-electron chi connectivity index (χ2n) is 2.52. The molecule has 0 aromatic heterocycles. The van der Waals surface area contributed by atoms with Gasteiger partial charge in [-0.3, -0.25) is 0 Å². The van der Waals surface area contributed by atoms with Gasteiger partial charge in [-0.25, -0.2) is 0 Å². The van der Waals surface area contributed by atoms with Crippen LogP contribution in [0.15, 0.2) is 22.9 Å². The van der Waals surface area contributed by atoms with Gasteiger partial charge in [0.05, 0.1) is 12.1 Å². The first-order valence-electron chi connectivity index (χ1n) is 3.35. The third-order valence-corrected chi connectivity index (χ3v) is 1.93. The maximum atomic E-state index is 5.82. The average molecular weight is 159 g/mol. The van der Waals surface area contributed by atoms with E-state index < -0.39 is 0 Å². The molecule has 0 saturated heterocycles. The van der Waals surface area contributed by atoms with Crippen molar-refractivity contribution >= 4 is 11.6 Å². The lowest BCUT2D eigenvalue weighted by Gasteiger charge is -2.14. The van der Waals surface area contributed by atoms with Crippen molar-refractivity contribution in [3.63, 3.8) is 0 Å². The Morgan fingerprint density at radius 1 is 1.70 bits per heavy atom. The highest BCUT2D eigenvalue weighted by Gasteiger charge is 2.11. The van der Waals surface area contributed by atoms with E-state index in [1.807, 2.05) is 6.08 Å². The molecule has 56 valence electrons. The van der Waals surface area contributed by atoms with Gasteiger partial charge >= 0.3 is 0 Å². The summed E-state index contributed by atoms with van der Waals surface area (Å²) in [6.45, 7) is 2.14. The van der Waals surface area contributed by atoms with Crippen molar-refractivity contribution in [1.29, 1.82) is 0 Å². The second kappa shape index (κ2) is 3.11. The van der Waals surface area contributed by atoms with E-state index in [-0.39, 0.29) is 0 Å². The van der Waals surface area contributed by atoms with Crippen LogP contribution in [0.1, 0.15) is 13.3 Å². The lowest BCUT2D eigenvalue weighted by atomic mass is 10.0. The van der Waals surface area contributed by atoms with Crippen molar-refractivity contribution in [2.45, 2.75) is 13.3 Å². The molecule has 1 aliphatic rings. The van der Waals surface area contributed by atoms with Gasteiger partial charge < -0.3 is 4.74 Å². The molecule has 0 bridgehead atoms. The van der Waals surface area contributed by atoms with Gasteiger partial charge in [-0.15, -0.1) is 0 Å². The molecular weight excluding hydrogens is 148 g/mol. The molecule has 0 aliphatic heterocycles. The molecule has 10 heavy (non-hydrogen) atoms. The Balaban J connectivity index is 2.74. The molecule has 0 fully saturated rings. The van der Waals surface area contributed by atoms with Gasteiger partial charge in [0.25, 0.3) is 0 Å². The van der Waals surface area contributed by atoms with Crippen LogP contribution in [-0.2, 0) is 4.74 Å². The van der Waals surface area contributed by atoms with Crippen molar-refractivity contribution in [2.24, 2.45) is 5.92 Å². The van der Waals surface area contributed by atoms with Crippen molar-refractivity contribution in [1.82, 2.24) is 0 Å². The fourth-order valence-electron chi connectivity index (χ4n) is 0.981. The number of ether oxygens (including phenoxy) is 1. The Hall–Kier alpha value is -0.430. The fraction of sp³-hybridized carbons (Fsp3) is 0.500. The van der Waals surface area contributed by atoms with Gasteiger partial charge in [0.1, 0.15) is 5.76 Å². The summed E-state index contributed by atoms with van der Waals surface area (Å²) in [5, 5.41) is 0.737. The van der Waals surface area contributed by atoms with Crippen LogP contribution in [0.5, 0.6) is 0 Å². The van der Waals surface area contributed by atoms with Crippen LogP contribution in [-0.4, -0.2) is 7.11 Å². The highest BCUT2D eigenvalue weighted by atomic mass is 35.5. The van der Waals surface area contributed by atoms with E-state index in [2.05, 4.69) is 13.0 Å². The van der Waals surface area contributed by atoms with Crippen LogP contribution in [0.3, 0.4) is 0 Å². The summed E-state index contributed by atoms with van der Waals surface area (Å²) in [6, 6.07) is 0. The van der Waals surface area contributed by atoms with E-state index in [0.29, 0.717) is 5.92 Å². The molecule has 1 atom stereocenters. The number of allylic oxidation sites excluding steroid dienone is 4. The van der Waals surface area contributed by atoms with Gasteiger partial charge in [-0.2, -0.15) is 0 Å². The number of methoxy groups -OCH3 is 1.